The number of nitrogens with one attached hydrogen (secondary N) is 1. The fraction of sp³-hybridized carbons (Fsp3) is 0.286. The van der Waals surface area contributed by atoms with Crippen molar-refractivity contribution in [3.8, 4) is 5.75 Å². The maximum absolute atomic E-state index is 9.17. The molecule has 0 amide bonds. The van der Waals surface area contributed by atoms with Crippen molar-refractivity contribution in [2.75, 3.05) is 5.43 Å². The Kier molecular flexibility index (Phi) is 3.85. The van der Waals surface area contributed by atoms with Crippen LogP contribution < -0.4 is 5.43 Å². The number of phenols is 1. The number of hydrogen-bond donors (Lipinski definition) is 2. The van der Waals surface area contributed by atoms with Gasteiger partial charge in [-0.3, -0.25) is 5.43 Å². The first kappa shape index (κ1) is 13.5. The quantitative estimate of drug-likeness (QED) is 0.665. The zero-order valence-corrected chi connectivity index (χ0v) is 12.0. The zero-order valence-electron chi connectivity index (χ0n) is 11.2. The second-order valence-electron chi connectivity index (χ2n) is 5.25. The van der Waals surface area contributed by atoms with Gasteiger partial charge in [0.15, 0.2) is 0 Å². The molecule has 4 nitrogen and oxygen atoms in total. The third-order valence-electron chi connectivity index (χ3n) is 2.54. The molecule has 2 rings (SSSR count). The van der Waals surface area contributed by atoms with Gasteiger partial charge in [0, 0.05) is 10.8 Å². The van der Waals surface area contributed by atoms with Crippen LogP contribution in [0.5, 0.6) is 5.75 Å². The first-order valence-electron chi connectivity index (χ1n) is 5.99. The minimum Gasteiger partial charge on any atom is -0.508 e. The van der Waals surface area contributed by atoms with Gasteiger partial charge in [0.25, 0.3) is 0 Å². The summed E-state index contributed by atoms with van der Waals surface area (Å²) in [5.41, 5.74) is 4.94. The van der Waals surface area contributed by atoms with E-state index in [0.29, 0.717) is 0 Å². The van der Waals surface area contributed by atoms with Gasteiger partial charge < -0.3 is 5.11 Å². The van der Waals surface area contributed by atoms with E-state index in [4.69, 9.17) is 0 Å². The van der Waals surface area contributed by atoms with Crippen LogP contribution in [-0.4, -0.2) is 16.3 Å². The van der Waals surface area contributed by atoms with Gasteiger partial charge in [-0.05, 0) is 29.8 Å². The van der Waals surface area contributed by atoms with Crippen LogP contribution >= 0.6 is 11.3 Å². The van der Waals surface area contributed by atoms with Gasteiger partial charge in [-0.25, -0.2) is 4.98 Å². The third kappa shape index (κ3) is 3.79. The van der Waals surface area contributed by atoms with Crippen LogP contribution in [0.15, 0.2) is 34.7 Å². The summed E-state index contributed by atoms with van der Waals surface area (Å²) < 4.78 is 0. The Balaban J connectivity index is 1.99. The van der Waals surface area contributed by atoms with Crippen molar-refractivity contribution in [1.29, 1.82) is 0 Å². The standard InChI is InChI=1S/C14H17N3OS/c1-14(2,3)12-9-19-13(16-12)17-15-8-10-4-6-11(18)7-5-10/h4-9,18H,1-3H3,(H,16,17)/b15-8-. The summed E-state index contributed by atoms with van der Waals surface area (Å²) in [6.45, 7) is 6.39. The maximum Gasteiger partial charge on any atom is 0.203 e. The Bertz CT molecular complexity index is 567. The van der Waals surface area contributed by atoms with Gasteiger partial charge in [-0.1, -0.05) is 20.8 Å². The fourth-order valence-corrected chi connectivity index (χ4v) is 2.28. The largest absolute Gasteiger partial charge is 0.508 e. The Morgan fingerprint density at radius 3 is 2.53 bits per heavy atom. The fourth-order valence-electron chi connectivity index (χ4n) is 1.39. The average Bonchev–Trinajstić information content (AvgIpc) is 2.80. The molecule has 0 atom stereocenters. The number of anilines is 1. The maximum atomic E-state index is 9.17. The molecular weight excluding hydrogens is 258 g/mol. The number of nitrogens with zero attached hydrogens (tertiary/aromatic N) is 2. The second-order valence-corrected chi connectivity index (χ2v) is 6.11. The minimum absolute atomic E-state index is 0.0527. The summed E-state index contributed by atoms with van der Waals surface area (Å²) >= 11 is 1.54. The molecular formula is C14H17N3OS. The van der Waals surface area contributed by atoms with Crippen LogP contribution in [0, 0.1) is 0 Å². The molecule has 0 radical (unpaired) electrons. The molecule has 0 fully saturated rings. The molecule has 1 heterocycles. The molecule has 100 valence electrons. The van der Waals surface area contributed by atoms with Crippen molar-refractivity contribution in [3.05, 3.63) is 40.9 Å². The Labute approximate surface area is 116 Å². The molecule has 0 aliphatic carbocycles. The highest BCUT2D eigenvalue weighted by Crippen LogP contribution is 2.26. The van der Waals surface area contributed by atoms with Crippen molar-refractivity contribution in [2.45, 2.75) is 26.2 Å². The Morgan fingerprint density at radius 1 is 1.26 bits per heavy atom. The Hall–Kier alpha value is -1.88. The van der Waals surface area contributed by atoms with Crippen molar-refractivity contribution in [1.82, 2.24) is 4.98 Å². The number of aromatic hydroxyl groups is 1. The van der Waals surface area contributed by atoms with Crippen molar-refractivity contribution >= 4 is 22.7 Å². The molecule has 0 aliphatic rings. The number of thiazole rings is 1. The monoisotopic (exact) mass is 275 g/mol. The van der Waals surface area contributed by atoms with Crippen molar-refractivity contribution in [3.63, 3.8) is 0 Å². The molecule has 2 aromatic rings. The van der Waals surface area contributed by atoms with E-state index < -0.39 is 0 Å². The van der Waals surface area contributed by atoms with E-state index >= 15 is 0 Å². The van der Waals surface area contributed by atoms with Crippen molar-refractivity contribution in [2.24, 2.45) is 5.10 Å². The van der Waals surface area contributed by atoms with Crippen LogP contribution in [0.1, 0.15) is 32.0 Å². The van der Waals surface area contributed by atoms with Crippen LogP contribution in [0.2, 0.25) is 0 Å². The Morgan fingerprint density at radius 2 is 1.95 bits per heavy atom. The van der Waals surface area contributed by atoms with E-state index in [2.05, 4.69) is 36.3 Å². The minimum atomic E-state index is 0.0527. The predicted molar refractivity (Wildman–Crippen MR) is 80.1 cm³/mol. The van der Waals surface area contributed by atoms with E-state index in [-0.39, 0.29) is 11.2 Å². The highest BCUT2D eigenvalue weighted by Gasteiger charge is 2.17. The third-order valence-corrected chi connectivity index (χ3v) is 3.29. The van der Waals surface area contributed by atoms with Crippen LogP contribution in [-0.2, 0) is 5.41 Å². The van der Waals surface area contributed by atoms with Gasteiger partial charge in [0.05, 0.1) is 11.9 Å². The van der Waals surface area contributed by atoms with E-state index in [0.717, 1.165) is 16.4 Å². The number of rotatable bonds is 3. The second kappa shape index (κ2) is 5.40. The van der Waals surface area contributed by atoms with Gasteiger partial charge in [-0.2, -0.15) is 5.10 Å². The summed E-state index contributed by atoms with van der Waals surface area (Å²) in [7, 11) is 0. The molecule has 1 aromatic heterocycles. The van der Waals surface area contributed by atoms with E-state index in [9.17, 15) is 5.11 Å². The van der Waals surface area contributed by atoms with Crippen LogP contribution in [0.3, 0.4) is 0 Å². The summed E-state index contributed by atoms with van der Waals surface area (Å²) in [4.78, 5) is 4.48. The van der Waals surface area contributed by atoms with Gasteiger partial charge in [0.2, 0.25) is 5.13 Å². The number of benzene rings is 1. The lowest BCUT2D eigenvalue weighted by Crippen LogP contribution is -2.11. The summed E-state index contributed by atoms with van der Waals surface area (Å²) in [5.74, 6) is 0.250. The highest BCUT2D eigenvalue weighted by atomic mass is 32.1. The van der Waals surface area contributed by atoms with E-state index in [1.165, 1.54) is 11.3 Å². The molecule has 19 heavy (non-hydrogen) atoms. The average molecular weight is 275 g/mol. The molecule has 5 heteroatoms. The number of aromatic nitrogens is 1. The van der Waals surface area contributed by atoms with Gasteiger partial charge >= 0.3 is 0 Å². The zero-order chi connectivity index (χ0) is 13.9. The number of phenolic OH excluding ortho intramolecular Hbond substituents is 1. The van der Waals surface area contributed by atoms with E-state index in [1.54, 1.807) is 30.5 Å². The normalized spacial score (nSPS) is 11.9. The first-order chi connectivity index (χ1) is 8.95. The lowest BCUT2D eigenvalue weighted by Gasteiger charge is -2.13. The first-order valence-corrected chi connectivity index (χ1v) is 6.87. The highest BCUT2D eigenvalue weighted by molar-refractivity contribution is 7.13. The lowest BCUT2D eigenvalue weighted by molar-refractivity contribution is 0.475. The van der Waals surface area contributed by atoms with Gasteiger partial charge in [0.1, 0.15) is 5.75 Å². The van der Waals surface area contributed by atoms with Crippen LogP contribution in [0.4, 0.5) is 5.13 Å². The summed E-state index contributed by atoms with van der Waals surface area (Å²) in [6, 6.07) is 6.84. The molecule has 0 spiro atoms. The van der Waals surface area contributed by atoms with Crippen LogP contribution in [0.25, 0.3) is 0 Å². The summed E-state index contributed by atoms with van der Waals surface area (Å²) in [6.07, 6.45) is 1.69. The van der Waals surface area contributed by atoms with Gasteiger partial charge in [-0.15, -0.1) is 11.3 Å². The molecule has 0 unspecified atom stereocenters. The smallest absolute Gasteiger partial charge is 0.203 e. The molecule has 0 bridgehead atoms. The predicted octanol–water partition coefficient (Wildman–Crippen LogP) is 3.59. The van der Waals surface area contributed by atoms with Crippen molar-refractivity contribution < 1.29 is 5.11 Å². The molecule has 1 aromatic carbocycles. The lowest BCUT2D eigenvalue weighted by atomic mass is 9.93. The molecule has 0 saturated heterocycles. The number of hydrogen-bond acceptors (Lipinski definition) is 5. The molecule has 0 saturated carbocycles. The molecule has 2 N–H and O–H groups in total. The number of hydrazone groups is 1. The van der Waals surface area contributed by atoms with E-state index in [1.807, 2.05) is 5.38 Å². The SMILES string of the molecule is CC(C)(C)c1csc(N/N=C\c2ccc(O)cc2)n1. The topological polar surface area (TPSA) is 57.5 Å². The molecule has 0 aliphatic heterocycles. The summed E-state index contributed by atoms with van der Waals surface area (Å²) in [5, 5.41) is 16.1.